The Morgan fingerprint density at radius 3 is 2.43 bits per heavy atom. The number of esters is 1. The van der Waals surface area contributed by atoms with Crippen molar-refractivity contribution in [3.05, 3.63) is 69.4 Å². The number of fused-ring (bicyclic) bond motifs is 1. The average molecular weight is 373 g/mol. The number of ketones is 1. The van der Waals surface area contributed by atoms with Crippen LogP contribution in [0.5, 0.6) is 11.5 Å². The molecule has 3 rings (SSSR count). The summed E-state index contributed by atoms with van der Waals surface area (Å²) < 4.78 is 11.8. The molecule has 0 aromatic heterocycles. The van der Waals surface area contributed by atoms with Crippen LogP contribution < -0.4 is 9.47 Å². The fourth-order valence-corrected chi connectivity index (χ4v) is 2.46. The third-order valence-corrected chi connectivity index (χ3v) is 3.89. The number of ether oxygens (including phenoxy) is 2. The highest BCUT2D eigenvalue weighted by Gasteiger charge is 2.28. The lowest BCUT2D eigenvalue weighted by molar-refractivity contribution is 0.0734. The van der Waals surface area contributed by atoms with E-state index in [2.05, 4.69) is 15.9 Å². The third-order valence-electron chi connectivity index (χ3n) is 3.36. The summed E-state index contributed by atoms with van der Waals surface area (Å²) in [6.45, 7) is 3.63. The summed E-state index contributed by atoms with van der Waals surface area (Å²) in [6.07, 6.45) is 0. The molecule has 0 N–H and O–H groups in total. The number of Topliss-reactive ketones (excluding diaryl/α,β-unsaturated/α-hetero) is 1. The van der Waals surface area contributed by atoms with Gasteiger partial charge in [-0.25, -0.2) is 4.79 Å². The Hall–Kier alpha value is -2.40. The summed E-state index contributed by atoms with van der Waals surface area (Å²) in [7, 11) is 0. The fourth-order valence-electron chi connectivity index (χ4n) is 2.20. The molecule has 0 unspecified atom stereocenters. The van der Waals surface area contributed by atoms with Crippen LogP contribution in [0.1, 0.15) is 34.6 Å². The van der Waals surface area contributed by atoms with Crippen LogP contribution in [0.3, 0.4) is 0 Å². The van der Waals surface area contributed by atoms with Crippen LogP contribution in [-0.2, 0) is 0 Å². The monoisotopic (exact) mass is 372 g/mol. The molecular weight excluding hydrogens is 360 g/mol. The van der Waals surface area contributed by atoms with Crippen molar-refractivity contribution in [3.8, 4) is 11.5 Å². The van der Waals surface area contributed by atoms with Crippen LogP contribution in [0.15, 0.2) is 58.3 Å². The Labute approximate surface area is 141 Å². The lowest BCUT2D eigenvalue weighted by atomic mass is 10.1. The van der Waals surface area contributed by atoms with Gasteiger partial charge >= 0.3 is 5.97 Å². The van der Waals surface area contributed by atoms with Crippen LogP contribution in [0.2, 0.25) is 0 Å². The summed E-state index contributed by atoms with van der Waals surface area (Å²) in [5.74, 6) is 0.457. The van der Waals surface area contributed by atoms with Crippen molar-refractivity contribution in [2.24, 2.45) is 0 Å². The zero-order valence-electron chi connectivity index (χ0n) is 12.6. The van der Waals surface area contributed by atoms with E-state index < -0.39 is 5.97 Å². The van der Waals surface area contributed by atoms with Crippen molar-refractivity contribution in [3.63, 3.8) is 0 Å². The molecule has 1 aliphatic heterocycles. The minimum absolute atomic E-state index is 0.147. The molecule has 0 radical (unpaired) electrons. The highest BCUT2D eigenvalue weighted by Crippen LogP contribution is 2.35. The van der Waals surface area contributed by atoms with Gasteiger partial charge in [0, 0.05) is 10.5 Å². The minimum Gasteiger partial charge on any atom is -0.452 e. The van der Waals surface area contributed by atoms with Gasteiger partial charge in [-0.15, -0.1) is 0 Å². The molecule has 0 saturated carbocycles. The number of allylic oxidation sites excluding steroid dienone is 2. The molecule has 2 aromatic carbocycles. The molecule has 23 heavy (non-hydrogen) atoms. The van der Waals surface area contributed by atoms with E-state index in [9.17, 15) is 9.59 Å². The van der Waals surface area contributed by atoms with Gasteiger partial charge in [0.05, 0.1) is 11.1 Å². The highest BCUT2D eigenvalue weighted by atomic mass is 79.9. The Balaban J connectivity index is 1.83. The maximum Gasteiger partial charge on any atom is 0.343 e. The van der Waals surface area contributed by atoms with Gasteiger partial charge in [-0.1, -0.05) is 15.9 Å². The van der Waals surface area contributed by atoms with E-state index in [-0.39, 0.29) is 5.78 Å². The summed E-state index contributed by atoms with van der Waals surface area (Å²) in [6, 6.07) is 11.6. The minimum atomic E-state index is -0.468. The summed E-state index contributed by atoms with van der Waals surface area (Å²) in [5.41, 5.74) is 1.72. The normalized spacial score (nSPS) is 12.7. The van der Waals surface area contributed by atoms with Crippen LogP contribution in [-0.4, -0.2) is 11.8 Å². The van der Waals surface area contributed by atoms with E-state index >= 15 is 0 Å². The maximum absolute atomic E-state index is 12.1. The zero-order valence-corrected chi connectivity index (χ0v) is 14.1. The number of hydrogen-bond acceptors (Lipinski definition) is 4. The molecule has 0 bridgehead atoms. The van der Waals surface area contributed by atoms with Crippen LogP contribution >= 0.6 is 15.9 Å². The lowest BCUT2D eigenvalue weighted by Gasteiger charge is -2.06. The van der Waals surface area contributed by atoms with E-state index in [4.69, 9.17) is 9.47 Å². The van der Waals surface area contributed by atoms with E-state index in [1.165, 1.54) is 0 Å². The van der Waals surface area contributed by atoms with Crippen molar-refractivity contribution in [1.29, 1.82) is 0 Å². The molecule has 5 heteroatoms. The molecular formula is C18H13BrO4. The number of benzene rings is 2. The second kappa shape index (κ2) is 6.01. The van der Waals surface area contributed by atoms with Crippen LogP contribution in [0.25, 0.3) is 0 Å². The molecule has 4 nitrogen and oxygen atoms in total. The predicted octanol–water partition coefficient (Wildman–Crippen LogP) is 4.54. The maximum atomic E-state index is 12.1. The van der Waals surface area contributed by atoms with Crippen molar-refractivity contribution in [2.75, 3.05) is 0 Å². The first kappa shape index (κ1) is 15.5. The molecule has 0 spiro atoms. The Morgan fingerprint density at radius 1 is 1.09 bits per heavy atom. The largest absolute Gasteiger partial charge is 0.452 e. The summed E-state index contributed by atoms with van der Waals surface area (Å²) in [5, 5.41) is 0. The highest BCUT2D eigenvalue weighted by molar-refractivity contribution is 9.10. The molecule has 0 saturated heterocycles. The number of carbonyl (C=O) groups excluding carboxylic acids is 2. The molecule has 1 aliphatic rings. The smallest absolute Gasteiger partial charge is 0.343 e. The van der Waals surface area contributed by atoms with Gasteiger partial charge in [0.15, 0.2) is 5.76 Å². The zero-order chi connectivity index (χ0) is 16.6. The summed E-state index contributed by atoms with van der Waals surface area (Å²) in [4.78, 5) is 24.2. The van der Waals surface area contributed by atoms with Gasteiger partial charge < -0.3 is 9.47 Å². The number of carbonyl (C=O) groups is 2. The van der Waals surface area contributed by atoms with E-state index in [1.54, 1.807) is 42.5 Å². The number of hydrogen-bond donors (Lipinski definition) is 0. The first-order valence-electron chi connectivity index (χ1n) is 6.97. The van der Waals surface area contributed by atoms with E-state index in [0.29, 0.717) is 28.4 Å². The molecule has 0 amide bonds. The van der Waals surface area contributed by atoms with Crippen molar-refractivity contribution < 1.29 is 19.1 Å². The van der Waals surface area contributed by atoms with Gasteiger partial charge in [-0.2, -0.15) is 0 Å². The van der Waals surface area contributed by atoms with Gasteiger partial charge in [-0.05, 0) is 55.8 Å². The first-order valence-corrected chi connectivity index (χ1v) is 7.77. The second-order valence-corrected chi connectivity index (χ2v) is 6.23. The summed E-state index contributed by atoms with van der Waals surface area (Å²) >= 11 is 3.31. The van der Waals surface area contributed by atoms with Crippen molar-refractivity contribution >= 4 is 27.7 Å². The van der Waals surface area contributed by atoms with Gasteiger partial charge in [0.1, 0.15) is 11.5 Å². The average Bonchev–Trinajstić information content (AvgIpc) is 2.84. The Bertz CT molecular complexity index is 831. The van der Waals surface area contributed by atoms with Crippen molar-refractivity contribution in [2.45, 2.75) is 13.8 Å². The van der Waals surface area contributed by atoms with Gasteiger partial charge in [-0.3, -0.25) is 4.79 Å². The van der Waals surface area contributed by atoms with Gasteiger partial charge in [0.25, 0.3) is 0 Å². The van der Waals surface area contributed by atoms with Crippen molar-refractivity contribution in [1.82, 2.24) is 0 Å². The molecule has 116 valence electrons. The Kier molecular flexibility index (Phi) is 4.05. The molecule has 2 aromatic rings. The van der Waals surface area contributed by atoms with Gasteiger partial charge in [0.2, 0.25) is 5.78 Å². The number of halogens is 1. The second-order valence-electron chi connectivity index (χ2n) is 5.31. The van der Waals surface area contributed by atoms with Crippen LogP contribution in [0, 0.1) is 0 Å². The van der Waals surface area contributed by atoms with Crippen LogP contribution in [0.4, 0.5) is 0 Å². The molecule has 0 fully saturated rings. The molecule has 0 aliphatic carbocycles. The fraction of sp³-hybridized carbons (Fsp3) is 0.111. The molecule has 0 atom stereocenters. The van der Waals surface area contributed by atoms with E-state index in [1.807, 2.05) is 13.8 Å². The predicted molar refractivity (Wildman–Crippen MR) is 88.9 cm³/mol. The number of rotatable bonds is 2. The SMILES string of the molecule is CC(C)=C1Oc2cc(OC(=O)c3ccc(Br)cc3)ccc2C1=O. The molecule has 1 heterocycles. The first-order chi connectivity index (χ1) is 11.0. The quantitative estimate of drug-likeness (QED) is 0.441. The van der Waals surface area contributed by atoms with E-state index in [0.717, 1.165) is 10.0 Å². The standard InChI is InChI=1S/C18H13BrO4/c1-10(2)17-16(20)14-8-7-13(9-15(14)23-17)22-18(21)11-3-5-12(19)6-4-11/h3-9H,1-2H3. The topological polar surface area (TPSA) is 52.6 Å². The third kappa shape index (κ3) is 3.05. The Morgan fingerprint density at radius 2 is 1.78 bits per heavy atom. The lowest BCUT2D eigenvalue weighted by Crippen LogP contribution is -2.08.